The first-order valence-corrected chi connectivity index (χ1v) is 10.7. The van der Waals surface area contributed by atoms with Crippen LogP contribution in [0.15, 0.2) is 52.5 Å². The molecule has 5 nitrogen and oxygen atoms in total. The van der Waals surface area contributed by atoms with Gasteiger partial charge in [0.15, 0.2) is 5.16 Å². The molecule has 0 aliphatic carbocycles. The average Bonchev–Trinajstić information content (AvgIpc) is 3.03. The molecule has 1 N–H and O–H groups in total. The first kappa shape index (κ1) is 21.3. The van der Waals surface area contributed by atoms with Crippen LogP contribution in [0.5, 0.6) is 0 Å². The number of alkyl halides is 2. The predicted octanol–water partition coefficient (Wildman–Crippen LogP) is 5.24. The van der Waals surface area contributed by atoms with Gasteiger partial charge in [-0.1, -0.05) is 35.7 Å². The molecule has 3 aromatic rings. The number of anilines is 1. The Bertz CT molecular complexity index is 1010. The summed E-state index contributed by atoms with van der Waals surface area (Å²) in [5, 5.41) is 11.8. The van der Waals surface area contributed by atoms with Crippen LogP contribution in [0.2, 0.25) is 0 Å². The number of rotatable bonds is 7. The van der Waals surface area contributed by atoms with E-state index in [0.29, 0.717) is 27.5 Å². The van der Waals surface area contributed by atoms with Crippen LogP contribution in [0.4, 0.5) is 14.5 Å². The van der Waals surface area contributed by atoms with Gasteiger partial charge in [0, 0.05) is 10.6 Å². The van der Waals surface area contributed by atoms with Crippen LogP contribution in [0.3, 0.4) is 0 Å². The number of nitrogens with zero attached hydrogens (tertiary/aromatic N) is 3. The van der Waals surface area contributed by atoms with E-state index in [1.165, 1.54) is 11.8 Å². The highest BCUT2D eigenvalue weighted by molar-refractivity contribution is 8.00. The molecule has 0 aliphatic rings. The Morgan fingerprint density at radius 1 is 1.10 bits per heavy atom. The van der Waals surface area contributed by atoms with Crippen molar-refractivity contribution >= 4 is 35.1 Å². The molecule has 3 rings (SSSR count). The monoisotopic (exact) mass is 434 g/mol. The Morgan fingerprint density at radius 2 is 1.83 bits per heavy atom. The Labute approximate surface area is 176 Å². The van der Waals surface area contributed by atoms with E-state index < -0.39 is 5.76 Å². The topological polar surface area (TPSA) is 59.8 Å². The lowest BCUT2D eigenvalue weighted by Crippen LogP contribution is -2.14. The van der Waals surface area contributed by atoms with Crippen molar-refractivity contribution in [3.63, 3.8) is 0 Å². The molecule has 0 bridgehead atoms. The van der Waals surface area contributed by atoms with Crippen LogP contribution >= 0.6 is 23.5 Å². The fourth-order valence-electron chi connectivity index (χ4n) is 2.72. The molecule has 0 fully saturated rings. The highest BCUT2D eigenvalue weighted by Gasteiger charge is 2.15. The van der Waals surface area contributed by atoms with E-state index in [4.69, 9.17) is 0 Å². The van der Waals surface area contributed by atoms with Gasteiger partial charge in [-0.05, 0) is 62.2 Å². The van der Waals surface area contributed by atoms with E-state index in [1.807, 2.05) is 37.5 Å². The van der Waals surface area contributed by atoms with Gasteiger partial charge in [0.25, 0.3) is 5.76 Å². The summed E-state index contributed by atoms with van der Waals surface area (Å²) in [6, 6.07) is 12.5. The van der Waals surface area contributed by atoms with Gasteiger partial charge in [-0.25, -0.2) is 0 Å². The van der Waals surface area contributed by atoms with Gasteiger partial charge >= 0.3 is 0 Å². The maximum Gasteiger partial charge on any atom is 0.288 e. The lowest BCUT2D eigenvalue weighted by molar-refractivity contribution is -0.113. The van der Waals surface area contributed by atoms with E-state index in [2.05, 4.69) is 21.6 Å². The third-order valence-corrected chi connectivity index (χ3v) is 5.75. The summed E-state index contributed by atoms with van der Waals surface area (Å²) in [5.41, 5.74) is 3.76. The average molecular weight is 435 g/mol. The first-order valence-electron chi connectivity index (χ1n) is 8.80. The van der Waals surface area contributed by atoms with E-state index in [-0.39, 0.29) is 11.7 Å². The highest BCUT2D eigenvalue weighted by Crippen LogP contribution is 2.27. The maximum atomic E-state index is 12.4. The number of halogens is 2. The molecular weight excluding hydrogens is 414 g/mol. The Kier molecular flexibility index (Phi) is 6.92. The summed E-state index contributed by atoms with van der Waals surface area (Å²) in [7, 11) is 0. The molecular formula is C20H20F2N4OS2. The Morgan fingerprint density at radius 3 is 2.52 bits per heavy atom. The normalized spacial score (nSPS) is 11.1. The summed E-state index contributed by atoms with van der Waals surface area (Å²) in [6.45, 7) is 5.91. The second-order valence-corrected chi connectivity index (χ2v) is 8.40. The molecule has 1 amide bonds. The van der Waals surface area contributed by atoms with Gasteiger partial charge in [0.05, 0.1) is 11.4 Å². The quantitative estimate of drug-likeness (QED) is 0.516. The van der Waals surface area contributed by atoms with Crippen molar-refractivity contribution in [1.82, 2.24) is 14.8 Å². The number of carbonyl (C=O) groups is 1. The minimum Gasteiger partial charge on any atom is -0.325 e. The molecule has 2 aromatic carbocycles. The van der Waals surface area contributed by atoms with Gasteiger partial charge in [0.1, 0.15) is 5.82 Å². The number of nitrogens with one attached hydrogen (secondary N) is 1. The fourth-order valence-corrected chi connectivity index (χ4v) is 4.01. The summed E-state index contributed by atoms with van der Waals surface area (Å²) < 4.78 is 26.7. The molecule has 0 saturated carbocycles. The van der Waals surface area contributed by atoms with Crippen molar-refractivity contribution < 1.29 is 13.6 Å². The van der Waals surface area contributed by atoms with Crippen molar-refractivity contribution in [2.24, 2.45) is 0 Å². The van der Waals surface area contributed by atoms with Crippen molar-refractivity contribution in [2.45, 2.75) is 36.6 Å². The van der Waals surface area contributed by atoms with E-state index in [0.717, 1.165) is 22.6 Å². The summed E-state index contributed by atoms with van der Waals surface area (Å²) in [6.07, 6.45) is 0. The minimum atomic E-state index is -2.47. The molecule has 0 unspecified atom stereocenters. The van der Waals surface area contributed by atoms with Gasteiger partial charge in [-0.3, -0.25) is 9.36 Å². The molecule has 1 heterocycles. The minimum absolute atomic E-state index is 0.149. The van der Waals surface area contributed by atoms with Crippen molar-refractivity contribution in [3.8, 4) is 5.69 Å². The van der Waals surface area contributed by atoms with Crippen molar-refractivity contribution in [3.05, 3.63) is 59.4 Å². The van der Waals surface area contributed by atoms with Crippen LogP contribution in [-0.2, 0) is 4.79 Å². The highest BCUT2D eigenvalue weighted by atomic mass is 32.2. The molecule has 0 radical (unpaired) electrons. The van der Waals surface area contributed by atoms with E-state index >= 15 is 0 Å². The van der Waals surface area contributed by atoms with E-state index in [9.17, 15) is 13.6 Å². The standard InChI is InChI=1S/C20H20F2N4OS2/c1-12-4-5-13(2)17(10-12)26-14(3)24-25-20(26)28-11-18(27)23-15-6-8-16(9-7-15)29-19(21)22/h4-10,19H,11H2,1-3H3,(H,23,27). The number of aryl methyl sites for hydroxylation is 3. The number of benzene rings is 2. The molecule has 1 aromatic heterocycles. The molecule has 0 spiro atoms. The molecule has 0 saturated heterocycles. The SMILES string of the molecule is Cc1ccc(C)c(-n2c(C)nnc2SCC(=O)Nc2ccc(SC(F)F)cc2)c1. The Balaban J connectivity index is 1.66. The molecule has 9 heteroatoms. The van der Waals surface area contributed by atoms with Gasteiger partial charge in [-0.2, -0.15) is 8.78 Å². The summed E-state index contributed by atoms with van der Waals surface area (Å²) >= 11 is 1.76. The molecule has 0 atom stereocenters. The largest absolute Gasteiger partial charge is 0.325 e. The molecule has 152 valence electrons. The zero-order valence-corrected chi connectivity index (χ0v) is 17.8. The van der Waals surface area contributed by atoms with Crippen LogP contribution in [-0.4, -0.2) is 32.2 Å². The smallest absolute Gasteiger partial charge is 0.288 e. The van der Waals surface area contributed by atoms with Crippen LogP contribution < -0.4 is 5.32 Å². The van der Waals surface area contributed by atoms with Gasteiger partial charge in [-0.15, -0.1) is 10.2 Å². The lowest BCUT2D eigenvalue weighted by atomic mass is 10.1. The summed E-state index contributed by atoms with van der Waals surface area (Å²) in [4.78, 5) is 12.8. The third kappa shape index (κ3) is 5.57. The Hall–Kier alpha value is -2.39. The first-order chi connectivity index (χ1) is 13.8. The van der Waals surface area contributed by atoms with Gasteiger partial charge < -0.3 is 5.32 Å². The molecule has 0 aliphatic heterocycles. The number of carbonyl (C=O) groups excluding carboxylic acids is 1. The second kappa shape index (κ2) is 9.41. The number of amides is 1. The van der Waals surface area contributed by atoms with E-state index in [1.54, 1.807) is 24.3 Å². The number of hydrogen-bond acceptors (Lipinski definition) is 5. The van der Waals surface area contributed by atoms with Crippen LogP contribution in [0.25, 0.3) is 5.69 Å². The van der Waals surface area contributed by atoms with Crippen LogP contribution in [0, 0.1) is 20.8 Å². The summed E-state index contributed by atoms with van der Waals surface area (Å²) in [5.74, 6) is -1.79. The second-order valence-electron chi connectivity index (χ2n) is 6.39. The van der Waals surface area contributed by atoms with Gasteiger partial charge in [0.2, 0.25) is 5.91 Å². The van der Waals surface area contributed by atoms with Crippen molar-refractivity contribution in [2.75, 3.05) is 11.1 Å². The fraction of sp³-hybridized carbons (Fsp3) is 0.250. The predicted molar refractivity (Wildman–Crippen MR) is 113 cm³/mol. The third-order valence-electron chi connectivity index (χ3n) is 4.10. The maximum absolute atomic E-state index is 12.4. The zero-order valence-electron chi connectivity index (χ0n) is 16.1. The number of hydrogen-bond donors (Lipinski definition) is 1. The van der Waals surface area contributed by atoms with Crippen LogP contribution in [0.1, 0.15) is 17.0 Å². The zero-order chi connectivity index (χ0) is 21.0. The lowest BCUT2D eigenvalue weighted by Gasteiger charge is -2.12. The number of aromatic nitrogens is 3. The number of thioether (sulfide) groups is 2. The van der Waals surface area contributed by atoms with Crippen molar-refractivity contribution in [1.29, 1.82) is 0 Å². The molecule has 29 heavy (non-hydrogen) atoms.